The molecule has 0 aliphatic carbocycles. The summed E-state index contributed by atoms with van der Waals surface area (Å²) in [6, 6.07) is 0. The number of carbonyl (C=O) groups excluding carboxylic acids is 1. The van der Waals surface area contributed by atoms with Crippen molar-refractivity contribution in [3.63, 3.8) is 0 Å². The summed E-state index contributed by atoms with van der Waals surface area (Å²) in [4.78, 5) is 20.2. The summed E-state index contributed by atoms with van der Waals surface area (Å²) in [5.41, 5.74) is 4.35. The number of nitrogens with one attached hydrogen (secondary N) is 2. The first kappa shape index (κ1) is 9.38. The Morgan fingerprint density at radius 1 is 1.50 bits per heavy atom. The maximum atomic E-state index is 10.4. The molecular weight excluding hydrogens is 204 g/mol. The molecule has 0 aromatic heterocycles. The molecule has 0 radical (unpaired) electrons. The SMILES string of the molecule is O=C(O)CNNC(=O)CBr. The van der Waals surface area contributed by atoms with Crippen LogP contribution in [0.2, 0.25) is 0 Å². The second-order valence-electron chi connectivity index (χ2n) is 1.43. The van der Waals surface area contributed by atoms with Gasteiger partial charge in [-0.3, -0.25) is 15.0 Å². The fourth-order valence-corrected chi connectivity index (χ4v) is 0.392. The van der Waals surface area contributed by atoms with Crippen molar-refractivity contribution in [2.24, 2.45) is 0 Å². The van der Waals surface area contributed by atoms with Gasteiger partial charge in [0.1, 0.15) is 6.54 Å². The van der Waals surface area contributed by atoms with Gasteiger partial charge in [-0.25, -0.2) is 5.43 Å². The highest BCUT2D eigenvalue weighted by Crippen LogP contribution is 1.75. The largest absolute Gasteiger partial charge is 0.480 e. The Hall–Kier alpha value is -0.620. The Morgan fingerprint density at radius 3 is 2.50 bits per heavy atom. The Morgan fingerprint density at radius 2 is 2.10 bits per heavy atom. The first-order valence-electron chi connectivity index (χ1n) is 2.46. The van der Waals surface area contributed by atoms with Crippen LogP contribution in [0.15, 0.2) is 0 Å². The molecule has 3 N–H and O–H groups in total. The minimum Gasteiger partial charge on any atom is -0.480 e. The van der Waals surface area contributed by atoms with E-state index in [0.29, 0.717) is 0 Å². The summed E-state index contributed by atoms with van der Waals surface area (Å²) >= 11 is 2.88. The smallest absolute Gasteiger partial charge is 0.319 e. The zero-order valence-corrected chi connectivity index (χ0v) is 6.64. The lowest BCUT2D eigenvalue weighted by Gasteiger charge is -2.00. The third-order valence-corrected chi connectivity index (χ3v) is 1.10. The molecule has 0 atom stereocenters. The van der Waals surface area contributed by atoms with Gasteiger partial charge in [0.2, 0.25) is 5.91 Å². The van der Waals surface area contributed by atoms with E-state index in [1.165, 1.54) is 0 Å². The fourth-order valence-electron chi connectivity index (χ4n) is 0.252. The van der Waals surface area contributed by atoms with Crippen molar-refractivity contribution >= 4 is 27.8 Å². The lowest BCUT2D eigenvalue weighted by Crippen LogP contribution is -2.40. The van der Waals surface area contributed by atoms with E-state index in [2.05, 4.69) is 26.8 Å². The number of hydrogen-bond acceptors (Lipinski definition) is 3. The van der Waals surface area contributed by atoms with Crippen LogP contribution in [0, 0.1) is 0 Å². The van der Waals surface area contributed by atoms with Crippen LogP contribution in [0.3, 0.4) is 0 Å². The van der Waals surface area contributed by atoms with Gasteiger partial charge in [-0.1, -0.05) is 15.9 Å². The van der Waals surface area contributed by atoms with Gasteiger partial charge in [-0.2, -0.15) is 0 Å². The van der Waals surface area contributed by atoms with E-state index in [-0.39, 0.29) is 17.8 Å². The van der Waals surface area contributed by atoms with Gasteiger partial charge in [0, 0.05) is 0 Å². The predicted molar refractivity (Wildman–Crippen MR) is 37.6 cm³/mol. The van der Waals surface area contributed by atoms with E-state index < -0.39 is 5.97 Å². The summed E-state index contributed by atoms with van der Waals surface area (Å²) in [6.07, 6.45) is 0. The molecular formula is C4H7BrN2O3. The van der Waals surface area contributed by atoms with Crippen molar-refractivity contribution in [3.05, 3.63) is 0 Å². The van der Waals surface area contributed by atoms with Crippen LogP contribution < -0.4 is 10.9 Å². The van der Waals surface area contributed by atoms with Crippen molar-refractivity contribution in [2.75, 3.05) is 11.9 Å². The number of hydrogen-bond donors (Lipinski definition) is 3. The molecule has 0 saturated carbocycles. The molecule has 0 saturated heterocycles. The fraction of sp³-hybridized carbons (Fsp3) is 0.500. The first-order valence-corrected chi connectivity index (χ1v) is 3.58. The molecule has 1 amide bonds. The van der Waals surface area contributed by atoms with Gasteiger partial charge >= 0.3 is 5.97 Å². The highest BCUT2D eigenvalue weighted by atomic mass is 79.9. The molecule has 0 bridgehead atoms. The van der Waals surface area contributed by atoms with Crippen LogP contribution >= 0.6 is 15.9 Å². The second-order valence-corrected chi connectivity index (χ2v) is 1.99. The topological polar surface area (TPSA) is 78.4 Å². The number of halogens is 1. The van der Waals surface area contributed by atoms with Crippen LogP contribution in [0.4, 0.5) is 0 Å². The molecule has 0 aliphatic heterocycles. The minimum atomic E-state index is -1.02. The number of carboxylic acid groups (broad SMARTS) is 1. The standard InChI is InChI=1S/C4H7BrN2O3/c5-1-3(8)7-6-2-4(9)10/h6H,1-2H2,(H,7,8)(H,9,10). The number of hydrazine groups is 1. The van der Waals surface area contributed by atoms with E-state index in [1.54, 1.807) is 0 Å². The van der Waals surface area contributed by atoms with Crippen LogP contribution in [-0.2, 0) is 9.59 Å². The zero-order chi connectivity index (χ0) is 7.98. The number of carboxylic acids is 1. The number of aliphatic carboxylic acids is 1. The Balaban J connectivity index is 3.20. The van der Waals surface area contributed by atoms with Crippen molar-refractivity contribution < 1.29 is 14.7 Å². The van der Waals surface area contributed by atoms with E-state index >= 15 is 0 Å². The highest BCUT2D eigenvalue weighted by Gasteiger charge is 1.97. The Kier molecular flexibility index (Phi) is 4.87. The van der Waals surface area contributed by atoms with Gasteiger partial charge in [-0.05, 0) is 0 Å². The van der Waals surface area contributed by atoms with E-state index in [9.17, 15) is 9.59 Å². The average Bonchev–Trinajstić information content (AvgIpc) is 1.87. The van der Waals surface area contributed by atoms with Crippen molar-refractivity contribution in [1.82, 2.24) is 10.9 Å². The number of carbonyl (C=O) groups is 2. The molecule has 0 aromatic carbocycles. The van der Waals surface area contributed by atoms with Gasteiger partial charge in [0.25, 0.3) is 0 Å². The molecule has 58 valence electrons. The molecule has 0 unspecified atom stereocenters. The molecule has 5 nitrogen and oxygen atoms in total. The maximum Gasteiger partial charge on any atom is 0.319 e. The van der Waals surface area contributed by atoms with Crippen LogP contribution in [0.5, 0.6) is 0 Å². The van der Waals surface area contributed by atoms with Gasteiger partial charge in [0.15, 0.2) is 0 Å². The summed E-state index contributed by atoms with van der Waals surface area (Å²) in [5, 5.41) is 8.23. The maximum absolute atomic E-state index is 10.4. The lowest BCUT2D eigenvalue weighted by atomic mass is 10.7. The van der Waals surface area contributed by atoms with E-state index in [4.69, 9.17) is 5.11 Å². The van der Waals surface area contributed by atoms with Gasteiger partial charge < -0.3 is 5.11 Å². The normalized spacial score (nSPS) is 8.90. The third kappa shape index (κ3) is 5.52. The van der Waals surface area contributed by atoms with Crippen molar-refractivity contribution in [2.45, 2.75) is 0 Å². The summed E-state index contributed by atoms with van der Waals surface area (Å²) in [6.45, 7) is -0.279. The molecule has 10 heavy (non-hydrogen) atoms. The quantitative estimate of drug-likeness (QED) is 0.415. The Labute approximate surface area is 65.9 Å². The summed E-state index contributed by atoms with van der Waals surface area (Å²) in [7, 11) is 0. The number of rotatable bonds is 4. The predicted octanol–water partition coefficient (Wildman–Crippen LogP) is -0.913. The molecule has 0 aliphatic rings. The Bertz CT molecular complexity index is 138. The van der Waals surface area contributed by atoms with E-state index in [1.807, 2.05) is 0 Å². The zero-order valence-electron chi connectivity index (χ0n) is 5.06. The van der Waals surface area contributed by atoms with E-state index in [0.717, 1.165) is 0 Å². The second kappa shape index (κ2) is 5.19. The first-order chi connectivity index (χ1) is 4.66. The average molecular weight is 211 g/mol. The van der Waals surface area contributed by atoms with Gasteiger partial charge in [-0.15, -0.1) is 0 Å². The van der Waals surface area contributed by atoms with Crippen molar-refractivity contribution in [3.8, 4) is 0 Å². The molecule has 0 aromatic rings. The number of amides is 1. The van der Waals surface area contributed by atoms with Crippen LogP contribution in [0.25, 0.3) is 0 Å². The minimum absolute atomic E-state index is 0.152. The molecule has 0 fully saturated rings. The van der Waals surface area contributed by atoms with Gasteiger partial charge in [0.05, 0.1) is 5.33 Å². The number of alkyl halides is 1. The van der Waals surface area contributed by atoms with Crippen LogP contribution in [0.1, 0.15) is 0 Å². The molecule has 6 heteroatoms. The summed E-state index contributed by atoms with van der Waals surface area (Å²) in [5.74, 6) is -1.32. The highest BCUT2D eigenvalue weighted by molar-refractivity contribution is 9.09. The monoisotopic (exact) mass is 210 g/mol. The molecule has 0 rings (SSSR count). The molecule has 0 heterocycles. The third-order valence-electron chi connectivity index (χ3n) is 0.589. The lowest BCUT2D eigenvalue weighted by molar-refractivity contribution is -0.136. The van der Waals surface area contributed by atoms with Crippen LogP contribution in [-0.4, -0.2) is 28.9 Å². The molecule has 0 spiro atoms. The summed E-state index contributed by atoms with van der Waals surface area (Å²) < 4.78 is 0. The van der Waals surface area contributed by atoms with Crippen molar-refractivity contribution in [1.29, 1.82) is 0 Å².